The lowest BCUT2D eigenvalue weighted by molar-refractivity contribution is -0.118. The molecule has 3 amide bonds. The van der Waals surface area contributed by atoms with Crippen molar-refractivity contribution in [1.29, 1.82) is 0 Å². The van der Waals surface area contributed by atoms with Gasteiger partial charge in [0.15, 0.2) is 23.3 Å². The zero-order valence-electron chi connectivity index (χ0n) is 78.8. The van der Waals surface area contributed by atoms with Gasteiger partial charge in [0.1, 0.15) is 44.8 Å². The zero-order valence-corrected chi connectivity index (χ0v) is 78.8. The van der Waals surface area contributed by atoms with Crippen LogP contribution in [-0.4, -0.2) is 156 Å². The third-order valence-electron chi connectivity index (χ3n) is 25.0. The maximum absolute atomic E-state index is 12.4. The Hall–Kier alpha value is -18.7. The lowest BCUT2D eigenvalue weighted by Crippen LogP contribution is -2.29. The standard InChI is InChI=1S/C28H25N7O2.C28H25N7O.C27H23N7O2.C26H21N7O2/c1-28(2,3)10-24(36)31-19-8-18(11-29-12-19)16-4-5-22-20(9-16)26(35-34-22)27-32-23-14-30-13-21(25(23)33-27)17-6-7-37-15-17;1-2-7-35(8-3-1)16-18-10-21(13-29-12-18)19-4-5-24-22(11-19)27(34-33-24)28-31-25-15-30-14-23(26(25)32-28)20-6-9-36-17-20;1-2-3-4-24(35)30-19-9-18(11-28-12-19)16-5-6-22-20(10-16)26(34-33-22)27-31-23-14-29-13-21(25(23)32-27)17-7-8-36-15-17;1-2-3-23(34)29-18-8-17(10-27-11-18)15-4-5-21-19(9-15)25(33-32-21)26-30-22-13-28-12-20(24(22)31-26)16-6-7-35-14-16/h4-9,11-15H,10H2,1-3H3,(H,31,36)(H,32,33)(H,34,35);4-6,9-15,17H,1-3,7-8,16H2,(H,31,32)(H,33,34);5-15H,2-4H2,1H3,(H,30,35)(H,31,32)(H,33,34);4-14H,2-3H2,1H3,(H,29,34)(H,30,31)(H,32,33). The average Bonchev–Trinajstić information content (AvgIpc) is 1.63. The summed E-state index contributed by atoms with van der Waals surface area (Å²) in [5.41, 5.74) is 31.2. The number of benzene rings is 4. The number of H-pyrrole nitrogens is 8. The van der Waals surface area contributed by atoms with Gasteiger partial charge in [0.25, 0.3) is 0 Å². The summed E-state index contributed by atoms with van der Waals surface area (Å²) >= 11 is 0. The van der Waals surface area contributed by atoms with Gasteiger partial charge in [-0.2, -0.15) is 20.4 Å². The summed E-state index contributed by atoms with van der Waals surface area (Å²) in [5, 5.41) is 43.2. The van der Waals surface area contributed by atoms with Crippen LogP contribution in [0.5, 0.6) is 0 Å². The van der Waals surface area contributed by atoms with Crippen LogP contribution in [0.3, 0.4) is 0 Å². The first-order valence-corrected chi connectivity index (χ1v) is 47.4. The fourth-order valence-corrected chi connectivity index (χ4v) is 18.0. The molecule has 0 aliphatic carbocycles. The topological polar surface area (TPSA) is 476 Å². The van der Waals surface area contributed by atoms with E-state index in [0.29, 0.717) is 76.7 Å². The predicted molar refractivity (Wildman–Crippen MR) is 553 cm³/mol. The largest absolute Gasteiger partial charge is 0.472 e. The molecule has 0 saturated carbocycles. The number of hydrogen-bond acceptors (Lipinski definition) is 24. The minimum Gasteiger partial charge on any atom is -0.472 e. The van der Waals surface area contributed by atoms with Crippen LogP contribution in [0.4, 0.5) is 17.1 Å². The van der Waals surface area contributed by atoms with Crippen molar-refractivity contribution in [2.24, 2.45) is 5.41 Å². The first kappa shape index (κ1) is 90.5. The number of carbonyl (C=O) groups excluding carboxylic acids is 3. The van der Waals surface area contributed by atoms with Crippen LogP contribution < -0.4 is 16.0 Å². The number of rotatable bonds is 23. The minimum absolute atomic E-state index is 0.00228. The molecule has 0 radical (unpaired) electrons. The zero-order chi connectivity index (χ0) is 97.7. The average molecular weight is 1910 g/mol. The van der Waals surface area contributed by atoms with Crippen LogP contribution in [0.25, 0.3) is 223 Å². The molecule has 1 saturated heterocycles. The molecule has 1 fully saturated rings. The third-order valence-corrected chi connectivity index (χ3v) is 25.0. The van der Waals surface area contributed by atoms with E-state index in [2.05, 4.69) is 159 Å². The quantitative estimate of drug-likeness (QED) is 0.0283. The van der Waals surface area contributed by atoms with Crippen LogP contribution in [0.15, 0.2) is 288 Å². The van der Waals surface area contributed by atoms with Gasteiger partial charge in [-0.1, -0.05) is 71.7 Å². The van der Waals surface area contributed by atoms with Crippen LogP contribution in [-0.2, 0) is 20.9 Å². The summed E-state index contributed by atoms with van der Waals surface area (Å²) in [6, 6.07) is 40.0. The monoisotopic (exact) mass is 1910 g/mol. The van der Waals surface area contributed by atoms with E-state index in [1.54, 1.807) is 131 Å². The van der Waals surface area contributed by atoms with Crippen LogP contribution in [0.2, 0.25) is 0 Å². The van der Waals surface area contributed by atoms with Crippen LogP contribution in [0, 0.1) is 5.41 Å². The van der Waals surface area contributed by atoms with Crippen molar-refractivity contribution < 1.29 is 32.1 Å². The number of fused-ring (bicyclic) bond motifs is 8. The van der Waals surface area contributed by atoms with E-state index in [-0.39, 0.29) is 23.1 Å². The molecule has 25 rings (SSSR count). The van der Waals surface area contributed by atoms with Gasteiger partial charge in [-0.25, -0.2) is 19.9 Å². The molecule has 0 unspecified atom stereocenters. The molecule has 35 nitrogen and oxygen atoms in total. The van der Waals surface area contributed by atoms with Gasteiger partial charge in [0.05, 0.1) is 155 Å². The van der Waals surface area contributed by atoms with E-state index < -0.39 is 0 Å². The Kier molecular flexibility index (Phi) is 24.9. The highest BCUT2D eigenvalue weighted by Gasteiger charge is 2.26. The van der Waals surface area contributed by atoms with Crippen molar-refractivity contribution in [3.05, 3.63) is 276 Å². The van der Waals surface area contributed by atoms with Crippen molar-refractivity contribution in [2.45, 2.75) is 99.0 Å². The fourth-order valence-electron chi connectivity index (χ4n) is 18.0. The van der Waals surface area contributed by atoms with E-state index >= 15 is 0 Å². The molecular formula is C109H94N28O7. The number of nitrogens with zero attached hydrogens (tertiary/aromatic N) is 17. The van der Waals surface area contributed by atoms with Gasteiger partial charge in [-0.3, -0.25) is 79.6 Å². The third kappa shape index (κ3) is 19.3. The Balaban J connectivity index is 0.000000110. The Bertz CT molecular complexity index is 8770. The Morgan fingerprint density at radius 2 is 0.646 bits per heavy atom. The molecule has 712 valence electrons. The lowest BCUT2D eigenvalue weighted by Gasteiger charge is -2.26. The molecule has 4 aromatic carbocycles. The number of imidazole rings is 4. The first-order valence-electron chi connectivity index (χ1n) is 47.4. The number of carbonyl (C=O) groups is 3. The number of piperidine rings is 1. The number of amides is 3. The lowest BCUT2D eigenvalue weighted by atomic mass is 9.92. The molecule has 0 bridgehead atoms. The summed E-state index contributed by atoms with van der Waals surface area (Å²) in [6.45, 7) is 13.4. The number of pyridine rings is 8. The van der Waals surface area contributed by atoms with Crippen LogP contribution >= 0.6 is 0 Å². The van der Waals surface area contributed by atoms with Crippen molar-refractivity contribution >= 4 is 123 Å². The van der Waals surface area contributed by atoms with Crippen molar-refractivity contribution in [3.8, 4) is 135 Å². The second-order valence-corrected chi connectivity index (χ2v) is 36.6. The Morgan fingerprint density at radius 3 is 0.965 bits per heavy atom. The number of hydrogen-bond donors (Lipinski definition) is 11. The number of nitrogens with one attached hydrogen (secondary N) is 11. The van der Waals surface area contributed by atoms with Gasteiger partial charge in [-0.15, -0.1) is 0 Å². The molecule has 144 heavy (non-hydrogen) atoms. The Morgan fingerprint density at radius 1 is 0.326 bits per heavy atom. The number of anilines is 3. The van der Waals surface area contributed by atoms with Gasteiger partial charge in [-0.05, 0) is 169 Å². The SMILES string of the molecule is CC(C)(C)CC(=O)Nc1cncc(-c2ccc3[nH]nc(-c4nc5c(-c6ccoc6)cncc5[nH]4)c3c2)c1.CCCC(=O)Nc1cncc(-c2ccc3[nH]nc(-c4nc5c(-c6ccoc6)cncc5[nH]4)c3c2)c1.CCCCC(=O)Nc1cncc(-c2ccc3[nH]nc(-c4nc5c(-c6ccoc6)cncc5[nH]4)c3c2)c1.c1cc(-c2cncc3[nH]c(-c4n[nH]c5ccc(-c6cncc(CN7CCCCC7)c6)cc45)nc23)co1. The second kappa shape index (κ2) is 39.7. The van der Waals surface area contributed by atoms with Gasteiger partial charge in [0.2, 0.25) is 17.7 Å². The van der Waals surface area contributed by atoms with Gasteiger partial charge < -0.3 is 53.6 Å². The van der Waals surface area contributed by atoms with E-state index in [1.165, 1.54) is 37.9 Å². The summed E-state index contributed by atoms with van der Waals surface area (Å²) in [5.74, 6) is 2.56. The van der Waals surface area contributed by atoms with Gasteiger partial charge in [0, 0.05) is 170 Å². The predicted octanol–water partition coefficient (Wildman–Crippen LogP) is 23.5. The number of aromatic amines is 8. The maximum Gasteiger partial charge on any atom is 0.224 e. The normalized spacial score (nSPS) is 12.3. The fraction of sp³-hybridized carbons (Fsp3) is 0.165. The van der Waals surface area contributed by atoms with E-state index in [9.17, 15) is 14.4 Å². The Labute approximate surface area is 820 Å². The number of unbranched alkanes of at least 4 members (excludes halogenated alkanes) is 1. The molecule has 11 N–H and O–H groups in total. The van der Waals surface area contributed by atoms with E-state index in [0.717, 1.165) is 208 Å². The summed E-state index contributed by atoms with van der Waals surface area (Å²) < 4.78 is 21.0. The molecule has 21 heterocycles. The first-order chi connectivity index (χ1) is 70.5. The minimum atomic E-state index is -0.0934. The van der Waals surface area contributed by atoms with Gasteiger partial charge >= 0.3 is 0 Å². The highest BCUT2D eigenvalue weighted by molar-refractivity contribution is 6.04. The number of aromatic nitrogens is 24. The van der Waals surface area contributed by atoms with Crippen LogP contribution in [0.1, 0.15) is 98.0 Å². The smallest absolute Gasteiger partial charge is 0.224 e. The molecule has 0 spiro atoms. The highest BCUT2D eigenvalue weighted by atomic mass is 16.3. The molecule has 1 aliphatic rings. The molecule has 1 aliphatic heterocycles. The summed E-state index contributed by atoms with van der Waals surface area (Å²) in [4.78, 5) is 107. The second-order valence-electron chi connectivity index (χ2n) is 36.6. The summed E-state index contributed by atoms with van der Waals surface area (Å²) in [6.07, 6.45) is 49.6. The molecule has 20 aromatic heterocycles. The van der Waals surface area contributed by atoms with E-state index in [4.69, 9.17) is 37.6 Å². The number of likely N-dealkylation sites (tertiary alicyclic amines) is 1. The highest BCUT2D eigenvalue weighted by Crippen LogP contribution is 2.41. The number of furan rings is 4. The molecule has 0 atom stereocenters. The molecule has 35 heteroatoms. The molecule has 24 aromatic rings. The maximum atomic E-state index is 12.4. The van der Waals surface area contributed by atoms with Crippen molar-refractivity contribution in [3.63, 3.8) is 0 Å². The van der Waals surface area contributed by atoms with E-state index in [1.807, 2.05) is 137 Å². The van der Waals surface area contributed by atoms with Crippen molar-refractivity contribution in [1.82, 2.24) is 125 Å². The summed E-state index contributed by atoms with van der Waals surface area (Å²) in [7, 11) is 0. The molecular weight excluding hydrogens is 1810 g/mol. The van der Waals surface area contributed by atoms with Crippen molar-refractivity contribution in [2.75, 3.05) is 29.0 Å².